The van der Waals surface area contributed by atoms with Crippen molar-refractivity contribution < 1.29 is 57.9 Å². The number of aromatic amines is 1. The Morgan fingerprint density at radius 1 is 0.862 bits per heavy atom. The number of nitrogens with zero attached hydrogens (tertiary/aromatic N) is 2. The molecule has 0 radical (unpaired) electrons. The molecule has 8 amide bonds. The Hall–Kier alpha value is -6.30. The first kappa shape index (κ1) is 51.3. The maximum absolute atomic E-state index is 14.3. The molecule has 3 heterocycles. The minimum absolute atomic E-state index is 0.152. The van der Waals surface area contributed by atoms with Gasteiger partial charge in [0.25, 0.3) is 5.69 Å². The van der Waals surface area contributed by atoms with Crippen LogP contribution >= 0.6 is 11.8 Å². The molecule has 0 aliphatic carbocycles. The highest BCUT2D eigenvalue weighted by atomic mass is 32.2. The summed E-state index contributed by atoms with van der Waals surface area (Å²) in [6, 6.07) is -4.01. The Balaban J connectivity index is 1.73. The number of amides is 8. The number of hydrogen-bond donors (Lipinski definition) is 9. The first-order valence-corrected chi connectivity index (χ1v) is 22.2. The molecular weight excluding hydrogens is 873 g/mol. The maximum Gasteiger partial charge on any atom is 0.308 e. The first-order valence-electron chi connectivity index (χ1n) is 21.2. The van der Waals surface area contributed by atoms with Crippen molar-refractivity contribution in [3.05, 3.63) is 33.9 Å². The summed E-state index contributed by atoms with van der Waals surface area (Å²) in [5.41, 5.74) is 0.987. The lowest BCUT2D eigenvalue weighted by Crippen LogP contribution is -2.60. The summed E-state index contributed by atoms with van der Waals surface area (Å²) in [5.74, 6) is -8.84. The van der Waals surface area contributed by atoms with Crippen molar-refractivity contribution in [2.24, 2.45) is 11.8 Å². The van der Waals surface area contributed by atoms with Gasteiger partial charge in [0.15, 0.2) is 0 Å². The van der Waals surface area contributed by atoms with Gasteiger partial charge in [0.1, 0.15) is 36.3 Å². The molecule has 0 bridgehead atoms. The van der Waals surface area contributed by atoms with Gasteiger partial charge in [0.05, 0.1) is 42.7 Å². The van der Waals surface area contributed by atoms with E-state index in [1.807, 2.05) is 0 Å². The minimum Gasteiger partial charge on any atom is -0.469 e. The van der Waals surface area contributed by atoms with E-state index in [2.05, 4.69) is 42.2 Å². The zero-order chi connectivity index (χ0) is 48.3. The number of ether oxygens (including phenoxy) is 1. The summed E-state index contributed by atoms with van der Waals surface area (Å²) in [5, 5.41) is 40.8. The van der Waals surface area contributed by atoms with Crippen molar-refractivity contribution in [3.8, 4) is 0 Å². The van der Waals surface area contributed by atoms with Gasteiger partial charge in [-0.2, -0.15) is 0 Å². The highest BCUT2D eigenvalue weighted by Gasteiger charge is 2.44. The van der Waals surface area contributed by atoms with Gasteiger partial charge in [-0.25, -0.2) is 0 Å². The number of fused-ring (bicyclic) bond motifs is 2. The second kappa shape index (κ2) is 23.1. The van der Waals surface area contributed by atoms with Crippen LogP contribution in [0, 0.1) is 28.9 Å². The third-order valence-corrected chi connectivity index (χ3v) is 12.7. The molecule has 0 spiro atoms. The minimum atomic E-state index is -1.71. The number of esters is 1. The van der Waals surface area contributed by atoms with Crippen molar-refractivity contribution in [3.63, 3.8) is 0 Å². The number of nitro benzene ring substituents is 1. The number of rotatable bonds is 10. The zero-order valence-corrected chi connectivity index (χ0v) is 38.1. The van der Waals surface area contributed by atoms with E-state index in [4.69, 9.17) is 4.74 Å². The molecule has 4 rings (SSSR count). The van der Waals surface area contributed by atoms with Crippen LogP contribution in [0.1, 0.15) is 65.9 Å². The number of aliphatic hydroxyl groups excluding tert-OH is 1. The van der Waals surface area contributed by atoms with E-state index in [1.54, 1.807) is 34.6 Å². The SMILES string of the molecule is CC[C@H](C)[C@@H]1NC(=O)CNC(=O)[C@H](C)NC(=O)[C@H]([C@@H](C)CC)NC(=O)[C@@H]2C[C@H](O)CN2C(=O)[C@H](CC(=O)OC)NC(=O)C(CSc2[nH]c3ccc([N+](=O)[O-])cc3c2C)NC(=O)CNC1=O. The van der Waals surface area contributed by atoms with Crippen LogP contribution < -0.4 is 37.2 Å². The van der Waals surface area contributed by atoms with Gasteiger partial charge in [0.2, 0.25) is 47.3 Å². The monoisotopic (exact) mass is 930 g/mol. The standard InChI is InChI=1S/C41H58N10O13S/c1-8-19(3)33-38(59)43-15-30(53)45-28(18-65-40-21(5)25-12-23(51(62)63)10-11-26(25)47-40)36(57)46-27(14-32(55)64-7)41(61)50-17-24(52)13-29(50)37(58)49-34(20(4)9-2)39(60)44-22(6)35(56)42-16-31(54)48-33/h10-12,19-20,22,24,27-29,33-34,47,52H,8-9,13-18H2,1-7H3,(H,42,56)(H,43,59)(H,44,60)(H,45,53)(H,46,57)(H,48,54)(H,49,58)/t19-,20-,22-,24-,27-,28?,29-,33-,34-/m0/s1. The first-order chi connectivity index (χ1) is 30.7. The largest absolute Gasteiger partial charge is 0.469 e. The number of aromatic nitrogens is 1. The number of thioether (sulfide) groups is 1. The smallest absolute Gasteiger partial charge is 0.308 e. The molecule has 1 aromatic carbocycles. The zero-order valence-electron chi connectivity index (χ0n) is 37.2. The number of H-pyrrole nitrogens is 1. The number of nitro groups is 1. The Labute approximate surface area is 378 Å². The average molecular weight is 931 g/mol. The van der Waals surface area contributed by atoms with Crippen LogP contribution in [0.15, 0.2) is 23.2 Å². The van der Waals surface area contributed by atoms with Crippen molar-refractivity contribution in [1.29, 1.82) is 0 Å². The molecule has 356 valence electrons. The van der Waals surface area contributed by atoms with E-state index < -0.39 is 138 Å². The third-order valence-electron chi connectivity index (χ3n) is 11.5. The molecule has 24 heteroatoms. The molecule has 2 saturated heterocycles. The summed E-state index contributed by atoms with van der Waals surface area (Å²) >= 11 is 1.04. The quantitative estimate of drug-likeness (QED) is 0.0584. The Bertz CT molecular complexity index is 2170. The van der Waals surface area contributed by atoms with Crippen LogP contribution in [0.4, 0.5) is 5.69 Å². The Morgan fingerprint density at radius 3 is 2.09 bits per heavy atom. The van der Waals surface area contributed by atoms with Crippen molar-refractivity contribution in [1.82, 2.24) is 47.1 Å². The van der Waals surface area contributed by atoms with E-state index in [9.17, 15) is 58.4 Å². The number of aliphatic hydroxyl groups is 1. The fourth-order valence-corrected chi connectivity index (χ4v) is 8.29. The number of carbonyl (C=O) groups excluding carboxylic acids is 9. The summed E-state index contributed by atoms with van der Waals surface area (Å²) in [6.07, 6.45) is -1.46. The molecule has 2 aliphatic heterocycles. The van der Waals surface area contributed by atoms with E-state index in [1.165, 1.54) is 25.1 Å². The predicted octanol–water partition coefficient (Wildman–Crippen LogP) is -1.22. The van der Waals surface area contributed by atoms with Gasteiger partial charge in [-0.05, 0) is 37.3 Å². The summed E-state index contributed by atoms with van der Waals surface area (Å²) in [4.78, 5) is 137. The van der Waals surface area contributed by atoms with Gasteiger partial charge in [-0.3, -0.25) is 53.3 Å². The molecule has 2 fully saturated rings. The van der Waals surface area contributed by atoms with Gasteiger partial charge in [-0.15, -0.1) is 11.8 Å². The molecule has 9 atom stereocenters. The summed E-state index contributed by atoms with van der Waals surface area (Å²) in [6.45, 7) is 8.26. The lowest BCUT2D eigenvalue weighted by molar-refractivity contribution is -0.384. The summed E-state index contributed by atoms with van der Waals surface area (Å²) in [7, 11) is 1.05. The highest BCUT2D eigenvalue weighted by Crippen LogP contribution is 2.32. The third kappa shape index (κ3) is 13.4. The van der Waals surface area contributed by atoms with E-state index in [-0.39, 0.29) is 17.9 Å². The van der Waals surface area contributed by atoms with E-state index in [0.717, 1.165) is 23.8 Å². The van der Waals surface area contributed by atoms with E-state index in [0.29, 0.717) is 34.3 Å². The van der Waals surface area contributed by atoms with Gasteiger partial charge in [-0.1, -0.05) is 40.5 Å². The molecule has 9 N–H and O–H groups in total. The number of hydrogen-bond acceptors (Lipinski definition) is 14. The normalized spacial score (nSPS) is 25.7. The second-order valence-corrected chi connectivity index (χ2v) is 17.2. The average Bonchev–Trinajstić information content (AvgIpc) is 3.83. The van der Waals surface area contributed by atoms with Gasteiger partial charge < -0.3 is 56.9 Å². The van der Waals surface area contributed by atoms with E-state index >= 15 is 0 Å². The van der Waals surface area contributed by atoms with Crippen LogP contribution in [-0.2, 0) is 47.9 Å². The highest BCUT2D eigenvalue weighted by molar-refractivity contribution is 7.99. The molecule has 1 aromatic heterocycles. The lowest BCUT2D eigenvalue weighted by atomic mass is 9.97. The number of carbonyl (C=O) groups is 9. The maximum atomic E-state index is 14.3. The Morgan fingerprint density at radius 2 is 1.48 bits per heavy atom. The van der Waals surface area contributed by atoms with Crippen LogP contribution in [0.5, 0.6) is 0 Å². The summed E-state index contributed by atoms with van der Waals surface area (Å²) < 4.78 is 4.81. The van der Waals surface area contributed by atoms with Crippen LogP contribution in [0.2, 0.25) is 0 Å². The predicted molar refractivity (Wildman–Crippen MR) is 233 cm³/mol. The fourth-order valence-electron chi connectivity index (χ4n) is 7.22. The molecule has 23 nitrogen and oxygen atoms in total. The number of nitrogens with one attached hydrogen (secondary N) is 8. The molecule has 2 aliphatic rings. The molecule has 1 unspecified atom stereocenters. The number of non-ortho nitro benzene ring substituents is 1. The van der Waals surface area contributed by atoms with Crippen LogP contribution in [0.3, 0.4) is 0 Å². The van der Waals surface area contributed by atoms with Gasteiger partial charge in [0, 0.05) is 41.8 Å². The molecule has 65 heavy (non-hydrogen) atoms. The molecule has 2 aromatic rings. The lowest BCUT2D eigenvalue weighted by Gasteiger charge is -2.31. The van der Waals surface area contributed by atoms with Gasteiger partial charge >= 0.3 is 5.97 Å². The van der Waals surface area contributed by atoms with Crippen molar-refractivity contribution in [2.45, 2.75) is 115 Å². The van der Waals surface area contributed by atoms with Crippen LogP contribution in [0.25, 0.3) is 10.9 Å². The second-order valence-electron chi connectivity index (χ2n) is 16.2. The molecule has 0 saturated carbocycles. The Kier molecular flexibility index (Phi) is 18.2. The number of benzene rings is 1. The number of aryl methyl sites for hydroxylation is 1. The fraction of sp³-hybridized carbons (Fsp3) is 0.585. The molecular formula is C41H58N10O13S. The van der Waals surface area contributed by atoms with Crippen LogP contribution in [-0.4, -0.2) is 148 Å². The van der Waals surface area contributed by atoms with Crippen molar-refractivity contribution in [2.75, 3.05) is 32.5 Å². The van der Waals surface area contributed by atoms with Crippen molar-refractivity contribution >= 4 is 81.6 Å². The topological polar surface area (TPSA) is 329 Å². The number of methoxy groups -OCH3 is 1.